The van der Waals surface area contributed by atoms with Gasteiger partial charge in [0.25, 0.3) is 5.91 Å². The van der Waals surface area contributed by atoms with E-state index in [9.17, 15) is 32.2 Å². The van der Waals surface area contributed by atoms with Gasteiger partial charge in [0.05, 0.1) is 27.4 Å². The van der Waals surface area contributed by atoms with E-state index in [0.717, 1.165) is 12.1 Å². The number of carbonyl (C=O) groups is 1. The van der Waals surface area contributed by atoms with E-state index in [0.29, 0.717) is 0 Å². The highest BCUT2D eigenvalue weighted by Gasteiger charge is 2.39. The number of hydrogen-bond donors (Lipinski definition) is 3. The van der Waals surface area contributed by atoms with Crippen LogP contribution in [-0.4, -0.2) is 42.0 Å². The predicted octanol–water partition coefficient (Wildman–Crippen LogP) is 3.62. The van der Waals surface area contributed by atoms with Crippen LogP contribution in [0.3, 0.4) is 0 Å². The summed E-state index contributed by atoms with van der Waals surface area (Å²) in [6, 6.07) is 5.85. The van der Waals surface area contributed by atoms with E-state index in [1.54, 1.807) is 0 Å². The Labute approximate surface area is 183 Å². The number of carbonyl (C=O) groups excluding carboxylic acids is 1. The van der Waals surface area contributed by atoms with Gasteiger partial charge in [-0.2, -0.15) is 0 Å². The minimum atomic E-state index is -3.91. The van der Waals surface area contributed by atoms with Crippen LogP contribution >= 0.6 is 11.6 Å². The van der Waals surface area contributed by atoms with Crippen LogP contribution in [0.1, 0.15) is 41.6 Å². The Morgan fingerprint density at radius 3 is 2.45 bits per heavy atom. The van der Waals surface area contributed by atoms with Crippen molar-refractivity contribution in [2.24, 2.45) is 0 Å². The summed E-state index contributed by atoms with van der Waals surface area (Å²) in [7, 11) is -3.91. The average molecular weight is 474 g/mol. The minimum absolute atomic E-state index is 0.00908. The molecule has 168 valence electrons. The number of aliphatic hydroxyl groups is 2. The maximum absolute atomic E-state index is 13.6. The molecule has 3 N–H and O–H groups in total. The normalized spacial score (nSPS) is 21.7. The number of aryl methyl sites for hydroxylation is 1. The van der Waals surface area contributed by atoms with Crippen LogP contribution in [0.4, 0.5) is 14.5 Å². The van der Waals surface area contributed by atoms with Crippen molar-refractivity contribution in [3.8, 4) is 0 Å². The van der Waals surface area contributed by atoms with E-state index < -0.39 is 44.8 Å². The number of anilines is 1. The molecule has 10 heteroatoms. The zero-order valence-electron chi connectivity index (χ0n) is 16.7. The van der Waals surface area contributed by atoms with Crippen LogP contribution in [-0.2, 0) is 9.84 Å². The van der Waals surface area contributed by atoms with E-state index in [-0.39, 0.29) is 52.4 Å². The number of sulfone groups is 1. The van der Waals surface area contributed by atoms with Crippen molar-refractivity contribution in [2.45, 2.75) is 48.4 Å². The van der Waals surface area contributed by atoms with Gasteiger partial charge < -0.3 is 15.5 Å². The Morgan fingerprint density at radius 2 is 1.87 bits per heavy atom. The molecule has 0 spiro atoms. The third kappa shape index (κ3) is 4.90. The third-order valence-corrected chi connectivity index (χ3v) is 8.31. The minimum Gasteiger partial charge on any atom is -0.393 e. The molecule has 0 aliphatic heterocycles. The van der Waals surface area contributed by atoms with Crippen molar-refractivity contribution in [2.75, 3.05) is 11.9 Å². The van der Waals surface area contributed by atoms with Gasteiger partial charge in [0.1, 0.15) is 0 Å². The van der Waals surface area contributed by atoms with Crippen molar-refractivity contribution in [3.63, 3.8) is 0 Å². The second-order valence-corrected chi connectivity index (χ2v) is 10.4. The number of amides is 1. The summed E-state index contributed by atoms with van der Waals surface area (Å²) in [5.74, 6) is -2.84. The summed E-state index contributed by atoms with van der Waals surface area (Å²) in [6.07, 6.45) is 0.530. The van der Waals surface area contributed by atoms with Crippen molar-refractivity contribution in [1.29, 1.82) is 0 Å². The first-order valence-corrected chi connectivity index (χ1v) is 11.5. The fourth-order valence-corrected chi connectivity index (χ4v) is 5.93. The van der Waals surface area contributed by atoms with Gasteiger partial charge >= 0.3 is 0 Å². The van der Waals surface area contributed by atoms with Gasteiger partial charge in [0.2, 0.25) is 0 Å². The van der Waals surface area contributed by atoms with Gasteiger partial charge in [-0.05, 0) is 62.4 Å². The Bertz CT molecular complexity index is 1090. The lowest BCUT2D eigenvalue weighted by atomic mass is 9.85. The monoisotopic (exact) mass is 473 g/mol. The molecular weight excluding hydrogens is 452 g/mol. The molecule has 1 amide bonds. The van der Waals surface area contributed by atoms with Gasteiger partial charge in [0, 0.05) is 17.3 Å². The van der Waals surface area contributed by atoms with Crippen LogP contribution in [0.15, 0.2) is 35.2 Å². The molecule has 0 bridgehead atoms. The molecule has 0 unspecified atom stereocenters. The zero-order chi connectivity index (χ0) is 23.0. The fourth-order valence-electron chi connectivity index (χ4n) is 3.64. The van der Waals surface area contributed by atoms with E-state index in [1.165, 1.54) is 25.1 Å². The molecule has 6 nitrogen and oxygen atoms in total. The van der Waals surface area contributed by atoms with Gasteiger partial charge in [-0.15, -0.1) is 0 Å². The van der Waals surface area contributed by atoms with Crippen LogP contribution in [0, 0.1) is 18.6 Å². The van der Waals surface area contributed by atoms with Crippen LogP contribution in [0.5, 0.6) is 0 Å². The highest BCUT2D eigenvalue weighted by molar-refractivity contribution is 7.92. The van der Waals surface area contributed by atoms with Crippen molar-refractivity contribution < 1.29 is 32.2 Å². The summed E-state index contributed by atoms with van der Waals surface area (Å²) in [5.41, 5.74) is -1.28. The van der Waals surface area contributed by atoms with E-state index in [4.69, 9.17) is 11.6 Å². The first-order valence-electron chi connectivity index (χ1n) is 9.60. The number of nitrogens with one attached hydrogen (secondary N) is 1. The largest absolute Gasteiger partial charge is 0.393 e. The van der Waals surface area contributed by atoms with Gasteiger partial charge in [-0.3, -0.25) is 4.79 Å². The molecule has 0 radical (unpaired) electrons. The van der Waals surface area contributed by atoms with Gasteiger partial charge in [-0.1, -0.05) is 11.6 Å². The molecule has 0 heterocycles. The number of halogens is 3. The maximum atomic E-state index is 13.6. The van der Waals surface area contributed by atoms with Crippen LogP contribution < -0.4 is 5.32 Å². The standard InChI is InChI=1S/C21H22ClF2NO5S/c1-12-8-14(10-17(23)19(12)24)25-20(27)13-2-3-16(22)18(9-13)31(29,30)15-4-6-21(28,11-26)7-5-15/h2-3,8-10,15,26,28H,4-7,11H2,1H3,(H,25,27). The van der Waals surface area contributed by atoms with Crippen molar-refractivity contribution in [3.05, 3.63) is 58.1 Å². The number of hydrogen-bond acceptors (Lipinski definition) is 5. The number of rotatable bonds is 5. The lowest BCUT2D eigenvalue weighted by Crippen LogP contribution is -2.41. The van der Waals surface area contributed by atoms with E-state index in [1.807, 2.05) is 0 Å². The second-order valence-electron chi connectivity index (χ2n) is 7.82. The lowest BCUT2D eigenvalue weighted by molar-refractivity contribution is -0.0413. The Hall–Kier alpha value is -2.07. The van der Waals surface area contributed by atoms with Gasteiger partial charge in [0.15, 0.2) is 21.5 Å². The smallest absolute Gasteiger partial charge is 0.255 e. The molecule has 2 aromatic rings. The molecule has 2 aromatic carbocycles. The third-order valence-electron chi connectivity index (χ3n) is 5.56. The SMILES string of the molecule is Cc1cc(NC(=O)c2ccc(Cl)c(S(=O)(=O)C3CCC(O)(CO)CC3)c2)cc(F)c1F. The molecule has 31 heavy (non-hydrogen) atoms. The highest BCUT2D eigenvalue weighted by atomic mass is 35.5. The van der Waals surface area contributed by atoms with E-state index in [2.05, 4.69) is 5.32 Å². The van der Waals surface area contributed by atoms with Crippen LogP contribution in [0.2, 0.25) is 5.02 Å². The zero-order valence-corrected chi connectivity index (χ0v) is 18.2. The van der Waals surface area contributed by atoms with Crippen molar-refractivity contribution in [1.82, 2.24) is 0 Å². The second kappa shape index (κ2) is 8.82. The summed E-state index contributed by atoms with van der Waals surface area (Å²) in [5, 5.41) is 20.9. The molecule has 0 atom stereocenters. The Morgan fingerprint density at radius 1 is 1.23 bits per heavy atom. The molecule has 0 aromatic heterocycles. The molecule has 1 aliphatic carbocycles. The highest BCUT2D eigenvalue weighted by Crippen LogP contribution is 2.36. The first kappa shape index (κ1) is 23.6. The van der Waals surface area contributed by atoms with Gasteiger partial charge in [-0.25, -0.2) is 17.2 Å². The summed E-state index contributed by atoms with van der Waals surface area (Å²) in [4.78, 5) is 12.4. The lowest BCUT2D eigenvalue weighted by Gasteiger charge is -2.34. The Kier molecular flexibility index (Phi) is 6.71. The number of benzene rings is 2. The quantitative estimate of drug-likeness (QED) is 0.615. The summed E-state index contributed by atoms with van der Waals surface area (Å²) < 4.78 is 53.3. The predicted molar refractivity (Wildman–Crippen MR) is 112 cm³/mol. The molecule has 1 aliphatic rings. The van der Waals surface area contributed by atoms with E-state index >= 15 is 0 Å². The fraction of sp³-hybridized carbons (Fsp3) is 0.381. The van der Waals surface area contributed by atoms with Crippen molar-refractivity contribution >= 4 is 33.0 Å². The van der Waals surface area contributed by atoms with Crippen LogP contribution in [0.25, 0.3) is 0 Å². The summed E-state index contributed by atoms with van der Waals surface area (Å²) >= 11 is 6.12. The molecular formula is C21H22ClF2NO5S. The molecule has 0 saturated heterocycles. The topological polar surface area (TPSA) is 104 Å². The molecule has 3 rings (SSSR count). The maximum Gasteiger partial charge on any atom is 0.255 e. The molecule has 1 saturated carbocycles. The number of aliphatic hydroxyl groups excluding tert-OH is 1. The molecule has 1 fully saturated rings. The first-order chi connectivity index (χ1) is 14.5. The average Bonchev–Trinajstić information content (AvgIpc) is 2.72. The summed E-state index contributed by atoms with van der Waals surface area (Å²) in [6.45, 7) is 0.905. The Balaban J connectivity index is 1.85.